The van der Waals surface area contributed by atoms with Crippen LogP contribution in [0.3, 0.4) is 0 Å². The summed E-state index contributed by atoms with van der Waals surface area (Å²) < 4.78 is 16.5. The average molecular weight is 318 g/mol. The van der Waals surface area contributed by atoms with Crippen molar-refractivity contribution in [3.8, 4) is 0 Å². The molecule has 5 nitrogen and oxygen atoms in total. The molecule has 0 spiro atoms. The zero-order valence-electron chi connectivity index (χ0n) is 12.1. The van der Waals surface area contributed by atoms with E-state index in [9.17, 15) is 14.3 Å². The van der Waals surface area contributed by atoms with Crippen LogP contribution < -0.4 is 5.32 Å². The molecule has 2 aromatic carbocycles. The topological polar surface area (TPSA) is 75.6 Å². The van der Waals surface area contributed by atoms with Crippen LogP contribution in [-0.2, 0) is 9.30 Å². The van der Waals surface area contributed by atoms with Gasteiger partial charge in [-0.25, -0.2) is 4.79 Å². The second-order valence-electron chi connectivity index (χ2n) is 4.56. The van der Waals surface area contributed by atoms with E-state index in [0.717, 1.165) is 5.56 Å². The van der Waals surface area contributed by atoms with Crippen molar-refractivity contribution in [2.45, 2.75) is 12.7 Å². The van der Waals surface area contributed by atoms with Gasteiger partial charge in [0.2, 0.25) is 0 Å². The molecule has 22 heavy (non-hydrogen) atoms. The summed E-state index contributed by atoms with van der Waals surface area (Å²) in [4.78, 5) is 21.1. The van der Waals surface area contributed by atoms with Crippen molar-refractivity contribution in [1.29, 1.82) is 0 Å². The van der Waals surface area contributed by atoms with E-state index in [2.05, 4.69) is 5.32 Å². The molecule has 0 heterocycles. The number of hydrogen-bond acceptors (Lipinski definition) is 4. The molecule has 0 aliphatic rings. The summed E-state index contributed by atoms with van der Waals surface area (Å²) in [6, 6.07) is 15.6. The lowest BCUT2D eigenvalue weighted by Crippen LogP contribution is -2.08. The van der Waals surface area contributed by atoms with Gasteiger partial charge >= 0.3 is 14.0 Å². The van der Waals surface area contributed by atoms with E-state index in [1.807, 2.05) is 18.2 Å². The number of carbonyl (C=O) groups excluding carboxylic acids is 1. The van der Waals surface area contributed by atoms with Crippen LogP contribution in [0.25, 0.3) is 0 Å². The number of rotatable bonds is 6. The predicted octanol–water partition coefficient (Wildman–Crippen LogP) is 3.71. The van der Waals surface area contributed by atoms with E-state index in [0.29, 0.717) is 17.9 Å². The van der Waals surface area contributed by atoms with Gasteiger partial charge in [0.15, 0.2) is 0 Å². The van der Waals surface area contributed by atoms with Gasteiger partial charge in [-0.1, -0.05) is 30.3 Å². The van der Waals surface area contributed by atoms with E-state index in [1.54, 1.807) is 43.3 Å². The monoisotopic (exact) mass is 318 g/mol. The molecule has 0 saturated carbocycles. The van der Waals surface area contributed by atoms with Crippen LogP contribution in [0, 0.1) is 0 Å². The van der Waals surface area contributed by atoms with Gasteiger partial charge in [-0.2, -0.15) is 4.89 Å². The van der Waals surface area contributed by atoms with Gasteiger partial charge in [0.05, 0.1) is 12.2 Å². The number of carbonyl (C=O) groups is 1. The molecular formula is C16H17NO4P+. The third-order valence-corrected chi connectivity index (χ3v) is 3.90. The van der Waals surface area contributed by atoms with E-state index in [-0.39, 0.29) is 5.97 Å². The van der Waals surface area contributed by atoms with E-state index in [1.165, 1.54) is 0 Å². The quantitative estimate of drug-likeness (QED) is 0.627. The number of nitrogens with one attached hydrogen (secondary N) is 1. The number of anilines is 1. The number of hydrogen-bond donors (Lipinski definition) is 2. The molecule has 2 N–H and O–H groups in total. The average Bonchev–Trinajstić information content (AvgIpc) is 2.54. The van der Waals surface area contributed by atoms with E-state index >= 15 is 0 Å². The molecule has 2 rings (SSSR count). The molecule has 2 unspecified atom stereocenters. The molecule has 0 aliphatic heterocycles. The third kappa shape index (κ3) is 4.13. The van der Waals surface area contributed by atoms with Crippen LogP contribution >= 0.6 is 8.03 Å². The van der Waals surface area contributed by atoms with Crippen molar-refractivity contribution in [3.05, 3.63) is 65.7 Å². The first-order chi connectivity index (χ1) is 10.6. The van der Waals surface area contributed by atoms with Crippen molar-refractivity contribution in [2.24, 2.45) is 0 Å². The largest absolute Gasteiger partial charge is 0.535 e. The summed E-state index contributed by atoms with van der Waals surface area (Å²) in [6.07, 6.45) is 0. The van der Waals surface area contributed by atoms with Crippen LogP contribution in [-0.4, -0.2) is 17.5 Å². The first kappa shape index (κ1) is 16.1. The molecule has 2 aromatic rings. The van der Waals surface area contributed by atoms with Crippen molar-refractivity contribution in [3.63, 3.8) is 0 Å². The van der Waals surface area contributed by atoms with Gasteiger partial charge in [0.1, 0.15) is 0 Å². The van der Waals surface area contributed by atoms with Crippen molar-refractivity contribution >= 4 is 19.7 Å². The first-order valence-electron chi connectivity index (χ1n) is 6.85. The lowest BCUT2D eigenvalue weighted by molar-refractivity contribution is 0.0526. The number of ether oxygens (including phenoxy) is 1. The molecule has 0 aromatic heterocycles. The van der Waals surface area contributed by atoms with Crippen LogP contribution in [0.5, 0.6) is 0 Å². The Bertz CT molecular complexity index is 643. The maximum absolute atomic E-state index is 11.6. The fraction of sp³-hybridized carbons (Fsp3) is 0.188. The maximum atomic E-state index is 11.6. The Labute approximate surface area is 129 Å². The zero-order chi connectivity index (χ0) is 15.9. The van der Waals surface area contributed by atoms with Gasteiger partial charge in [0, 0.05) is 11.3 Å². The minimum atomic E-state index is -2.44. The summed E-state index contributed by atoms with van der Waals surface area (Å²) in [5, 5.41) is 3.01. The normalized spacial score (nSPS) is 12.4. The zero-order valence-corrected chi connectivity index (χ0v) is 13.0. The van der Waals surface area contributed by atoms with Gasteiger partial charge in [0.25, 0.3) is 5.78 Å². The lowest BCUT2D eigenvalue weighted by Gasteiger charge is -2.10. The smallest absolute Gasteiger partial charge is 0.462 e. The molecule has 0 amide bonds. The molecule has 0 aliphatic carbocycles. The summed E-state index contributed by atoms with van der Waals surface area (Å²) in [5.74, 6) is -1.09. The van der Waals surface area contributed by atoms with E-state index in [4.69, 9.17) is 4.74 Å². The SMILES string of the molecule is CCOC(=O)c1ccc(NC(c2ccccc2)[P+](=O)O)cc1. The van der Waals surface area contributed by atoms with Gasteiger partial charge in [-0.3, -0.25) is 0 Å². The van der Waals surface area contributed by atoms with Crippen molar-refractivity contribution in [2.75, 3.05) is 11.9 Å². The summed E-state index contributed by atoms with van der Waals surface area (Å²) in [7, 11) is -2.44. The van der Waals surface area contributed by atoms with Crippen LogP contribution in [0.4, 0.5) is 5.69 Å². The summed E-state index contributed by atoms with van der Waals surface area (Å²) >= 11 is 0. The molecule has 0 radical (unpaired) electrons. The molecule has 2 atom stereocenters. The second-order valence-corrected chi connectivity index (χ2v) is 5.68. The van der Waals surface area contributed by atoms with Crippen LogP contribution in [0.2, 0.25) is 0 Å². The van der Waals surface area contributed by atoms with Crippen LogP contribution in [0.1, 0.15) is 28.6 Å². The predicted molar refractivity (Wildman–Crippen MR) is 85.0 cm³/mol. The molecule has 0 saturated heterocycles. The Kier molecular flexibility index (Phi) is 5.64. The number of benzene rings is 2. The molecule has 114 valence electrons. The van der Waals surface area contributed by atoms with Crippen LogP contribution in [0.15, 0.2) is 54.6 Å². The Hall–Kier alpha value is -2.23. The Morgan fingerprint density at radius 3 is 2.36 bits per heavy atom. The number of esters is 1. The van der Waals surface area contributed by atoms with Gasteiger partial charge < -0.3 is 10.1 Å². The fourth-order valence-corrected chi connectivity index (χ4v) is 2.66. The first-order valence-corrected chi connectivity index (χ1v) is 8.14. The Balaban J connectivity index is 2.14. The molecule has 0 bridgehead atoms. The highest BCUT2D eigenvalue weighted by Gasteiger charge is 2.30. The standard InChI is InChI=1S/C16H16NO4P/c1-2-21-16(18)13-8-10-14(11-9-13)17-15(22(19)20)12-6-4-3-5-7-12/h3-11,15H,2H2,1H3,(H-,17,18,19,20)/p+1. The Morgan fingerprint density at radius 2 is 1.82 bits per heavy atom. The van der Waals surface area contributed by atoms with Crippen molar-refractivity contribution < 1.29 is 19.0 Å². The molecule has 0 fully saturated rings. The van der Waals surface area contributed by atoms with Crippen molar-refractivity contribution in [1.82, 2.24) is 0 Å². The summed E-state index contributed by atoms with van der Waals surface area (Å²) in [5.41, 5.74) is 1.82. The van der Waals surface area contributed by atoms with Gasteiger partial charge in [-0.15, -0.1) is 0 Å². The third-order valence-electron chi connectivity index (χ3n) is 3.04. The van der Waals surface area contributed by atoms with E-state index < -0.39 is 13.8 Å². The molecule has 6 heteroatoms. The highest BCUT2D eigenvalue weighted by Crippen LogP contribution is 2.37. The maximum Gasteiger partial charge on any atom is 0.535 e. The highest BCUT2D eigenvalue weighted by atomic mass is 31.1. The minimum Gasteiger partial charge on any atom is -0.462 e. The summed E-state index contributed by atoms with van der Waals surface area (Å²) in [6.45, 7) is 2.07. The lowest BCUT2D eigenvalue weighted by atomic mass is 10.2. The minimum absolute atomic E-state index is 0.319. The second kappa shape index (κ2) is 7.69. The fourth-order valence-electron chi connectivity index (χ4n) is 1.98. The highest BCUT2D eigenvalue weighted by molar-refractivity contribution is 7.38. The van der Waals surface area contributed by atoms with Gasteiger partial charge in [-0.05, 0) is 35.8 Å². The Morgan fingerprint density at radius 1 is 1.18 bits per heavy atom. The molecular weight excluding hydrogens is 301 g/mol.